The van der Waals surface area contributed by atoms with Gasteiger partial charge in [-0.25, -0.2) is 4.79 Å². The lowest BCUT2D eigenvalue weighted by atomic mass is 10.2. The highest BCUT2D eigenvalue weighted by Gasteiger charge is 2.23. The van der Waals surface area contributed by atoms with Gasteiger partial charge in [0.2, 0.25) is 11.8 Å². The van der Waals surface area contributed by atoms with Crippen LogP contribution in [-0.4, -0.2) is 37.5 Å². The summed E-state index contributed by atoms with van der Waals surface area (Å²) in [5.41, 5.74) is 0.000235. The highest BCUT2D eigenvalue weighted by atomic mass is 32.2. The molecule has 10 heteroatoms. The fraction of sp³-hybridized carbons (Fsp3) is 0.500. The van der Waals surface area contributed by atoms with E-state index in [1.54, 1.807) is 6.92 Å². The Morgan fingerprint density at radius 1 is 1.42 bits per heavy atom. The van der Waals surface area contributed by atoms with E-state index in [4.69, 9.17) is 4.42 Å². The molecule has 0 spiro atoms. The second-order valence-electron chi connectivity index (χ2n) is 5.67. The standard InChI is InChI=1S/C14H17N5O4S/c1-7-9(12(21)19(2)13(22)15-7)5-11-17-18-14(23-11)24-6-10(20)16-8-3-4-8/h8H,3-6H2,1-2H3,(H,15,22)(H,16,20). The van der Waals surface area contributed by atoms with Gasteiger partial charge in [0.25, 0.3) is 10.8 Å². The highest BCUT2D eigenvalue weighted by Crippen LogP contribution is 2.20. The average molecular weight is 351 g/mol. The van der Waals surface area contributed by atoms with Crippen molar-refractivity contribution in [3.63, 3.8) is 0 Å². The number of hydrogen-bond donors (Lipinski definition) is 2. The van der Waals surface area contributed by atoms with Crippen LogP contribution in [0.25, 0.3) is 0 Å². The maximum atomic E-state index is 12.1. The number of thioether (sulfide) groups is 1. The third-order valence-electron chi connectivity index (χ3n) is 3.66. The van der Waals surface area contributed by atoms with E-state index in [0.717, 1.165) is 29.2 Å². The summed E-state index contributed by atoms with van der Waals surface area (Å²) in [6, 6.07) is 0.316. The number of aryl methyl sites for hydroxylation is 1. The first kappa shape index (κ1) is 16.5. The molecule has 0 unspecified atom stereocenters. The molecule has 3 rings (SSSR count). The molecule has 0 radical (unpaired) electrons. The second-order valence-corrected chi connectivity index (χ2v) is 6.59. The minimum atomic E-state index is -0.468. The zero-order valence-electron chi connectivity index (χ0n) is 13.3. The predicted octanol–water partition coefficient (Wildman–Crippen LogP) is -0.273. The molecule has 0 atom stereocenters. The summed E-state index contributed by atoms with van der Waals surface area (Å²) in [5.74, 6) is 0.400. The molecule has 128 valence electrons. The third-order valence-corrected chi connectivity index (χ3v) is 4.48. The van der Waals surface area contributed by atoms with E-state index in [2.05, 4.69) is 20.5 Å². The van der Waals surface area contributed by atoms with E-state index in [1.165, 1.54) is 7.05 Å². The van der Waals surface area contributed by atoms with Crippen molar-refractivity contribution in [1.82, 2.24) is 25.1 Å². The van der Waals surface area contributed by atoms with Crippen molar-refractivity contribution in [2.75, 3.05) is 5.75 Å². The highest BCUT2D eigenvalue weighted by molar-refractivity contribution is 7.99. The van der Waals surface area contributed by atoms with E-state index >= 15 is 0 Å². The lowest BCUT2D eigenvalue weighted by Gasteiger charge is -2.04. The first-order valence-corrected chi connectivity index (χ1v) is 8.46. The zero-order valence-corrected chi connectivity index (χ0v) is 14.1. The predicted molar refractivity (Wildman–Crippen MR) is 86.0 cm³/mol. The van der Waals surface area contributed by atoms with Crippen molar-refractivity contribution in [3.8, 4) is 0 Å². The molecular weight excluding hydrogens is 334 g/mol. The minimum Gasteiger partial charge on any atom is -0.416 e. The molecule has 1 aliphatic rings. The molecule has 1 aliphatic carbocycles. The van der Waals surface area contributed by atoms with Gasteiger partial charge in [0.1, 0.15) is 0 Å². The van der Waals surface area contributed by atoms with Gasteiger partial charge in [0.15, 0.2) is 0 Å². The molecule has 1 amide bonds. The Morgan fingerprint density at radius 2 is 2.17 bits per heavy atom. The number of H-pyrrole nitrogens is 1. The fourth-order valence-electron chi connectivity index (χ4n) is 2.13. The van der Waals surface area contributed by atoms with E-state index in [9.17, 15) is 14.4 Å². The number of aromatic amines is 1. The summed E-state index contributed by atoms with van der Waals surface area (Å²) in [7, 11) is 1.40. The van der Waals surface area contributed by atoms with Crippen LogP contribution in [0.2, 0.25) is 0 Å². The lowest BCUT2D eigenvalue weighted by Crippen LogP contribution is -2.36. The van der Waals surface area contributed by atoms with Gasteiger partial charge in [0.05, 0.1) is 12.2 Å². The molecule has 0 aliphatic heterocycles. The number of aromatic nitrogens is 4. The van der Waals surface area contributed by atoms with Crippen LogP contribution in [-0.2, 0) is 18.3 Å². The monoisotopic (exact) mass is 351 g/mol. The zero-order chi connectivity index (χ0) is 17.3. The van der Waals surface area contributed by atoms with Crippen LogP contribution in [0, 0.1) is 6.92 Å². The lowest BCUT2D eigenvalue weighted by molar-refractivity contribution is -0.118. The molecule has 9 nitrogen and oxygen atoms in total. The molecule has 2 aromatic rings. The van der Waals surface area contributed by atoms with Crippen LogP contribution >= 0.6 is 11.8 Å². The van der Waals surface area contributed by atoms with E-state index in [0.29, 0.717) is 17.3 Å². The second kappa shape index (κ2) is 6.63. The van der Waals surface area contributed by atoms with Crippen molar-refractivity contribution in [2.24, 2.45) is 7.05 Å². The Bertz CT molecular complexity index is 880. The molecular formula is C14H17N5O4S. The smallest absolute Gasteiger partial charge is 0.328 e. The summed E-state index contributed by atoms with van der Waals surface area (Å²) in [4.78, 5) is 37.9. The van der Waals surface area contributed by atoms with Gasteiger partial charge in [-0.1, -0.05) is 11.8 Å². The van der Waals surface area contributed by atoms with Crippen molar-refractivity contribution in [3.05, 3.63) is 38.0 Å². The summed E-state index contributed by atoms with van der Waals surface area (Å²) in [6.07, 6.45) is 2.19. The van der Waals surface area contributed by atoms with Crippen LogP contribution in [0.5, 0.6) is 0 Å². The SMILES string of the molecule is Cc1[nH]c(=O)n(C)c(=O)c1Cc1nnc(SCC(=O)NC2CC2)o1. The van der Waals surface area contributed by atoms with Gasteiger partial charge in [-0.15, -0.1) is 10.2 Å². The Labute approximate surface area is 140 Å². The molecule has 2 heterocycles. The van der Waals surface area contributed by atoms with Crippen molar-refractivity contribution < 1.29 is 9.21 Å². The maximum absolute atomic E-state index is 12.1. The fourth-order valence-corrected chi connectivity index (χ4v) is 2.72. The largest absolute Gasteiger partial charge is 0.416 e. The number of amides is 1. The number of hydrogen-bond acceptors (Lipinski definition) is 7. The normalized spacial score (nSPS) is 13.9. The Morgan fingerprint density at radius 3 is 2.88 bits per heavy atom. The van der Waals surface area contributed by atoms with Gasteiger partial charge in [-0.2, -0.15) is 0 Å². The van der Waals surface area contributed by atoms with Crippen molar-refractivity contribution in [1.29, 1.82) is 0 Å². The van der Waals surface area contributed by atoms with Gasteiger partial charge in [-0.3, -0.25) is 14.2 Å². The van der Waals surface area contributed by atoms with E-state index < -0.39 is 11.2 Å². The van der Waals surface area contributed by atoms with Crippen LogP contribution in [0.15, 0.2) is 19.2 Å². The number of carbonyl (C=O) groups is 1. The molecule has 1 fully saturated rings. The van der Waals surface area contributed by atoms with Gasteiger partial charge < -0.3 is 14.7 Å². The molecule has 24 heavy (non-hydrogen) atoms. The Hall–Kier alpha value is -2.36. The molecule has 1 saturated carbocycles. The van der Waals surface area contributed by atoms with Crippen LogP contribution in [0.4, 0.5) is 0 Å². The molecule has 2 aromatic heterocycles. The van der Waals surface area contributed by atoms with Crippen molar-refractivity contribution >= 4 is 17.7 Å². The van der Waals surface area contributed by atoms with Gasteiger partial charge in [-0.05, 0) is 19.8 Å². The van der Waals surface area contributed by atoms with E-state index in [1.807, 2.05) is 0 Å². The summed E-state index contributed by atoms with van der Waals surface area (Å²) < 4.78 is 6.46. The minimum absolute atomic E-state index is 0.0624. The molecule has 0 bridgehead atoms. The van der Waals surface area contributed by atoms with Gasteiger partial charge in [0, 0.05) is 24.3 Å². The number of rotatable bonds is 6. The average Bonchev–Trinajstić information content (AvgIpc) is 3.23. The van der Waals surface area contributed by atoms with Crippen LogP contribution in [0.3, 0.4) is 0 Å². The van der Waals surface area contributed by atoms with Crippen LogP contribution in [0.1, 0.15) is 30.0 Å². The molecule has 2 N–H and O–H groups in total. The topological polar surface area (TPSA) is 123 Å². The first-order chi connectivity index (χ1) is 11.4. The third kappa shape index (κ3) is 3.75. The van der Waals surface area contributed by atoms with Crippen LogP contribution < -0.4 is 16.6 Å². The summed E-state index contributed by atoms with van der Waals surface area (Å²) >= 11 is 1.15. The number of carbonyl (C=O) groups excluding carboxylic acids is 1. The van der Waals surface area contributed by atoms with E-state index in [-0.39, 0.29) is 29.2 Å². The summed E-state index contributed by atoms with van der Waals surface area (Å²) in [6.45, 7) is 1.65. The Kier molecular flexibility index (Phi) is 4.56. The van der Waals surface area contributed by atoms with Crippen molar-refractivity contribution in [2.45, 2.75) is 37.5 Å². The number of nitrogens with zero attached hydrogens (tertiary/aromatic N) is 3. The quantitative estimate of drug-likeness (QED) is 0.687. The summed E-state index contributed by atoms with van der Waals surface area (Å²) in [5, 5.41) is 10.9. The maximum Gasteiger partial charge on any atom is 0.328 e. The molecule has 0 saturated heterocycles. The van der Waals surface area contributed by atoms with Gasteiger partial charge >= 0.3 is 5.69 Å². The first-order valence-electron chi connectivity index (χ1n) is 7.47. The molecule has 0 aromatic carbocycles. The number of nitrogens with one attached hydrogen (secondary N) is 2. The Balaban J connectivity index is 1.66.